The van der Waals surface area contributed by atoms with Gasteiger partial charge in [0, 0.05) is 24.7 Å². The van der Waals surface area contributed by atoms with Crippen molar-refractivity contribution in [2.75, 3.05) is 0 Å². The summed E-state index contributed by atoms with van der Waals surface area (Å²) in [5.74, 6) is -0.0875. The first-order chi connectivity index (χ1) is 11.6. The first-order valence-electron chi connectivity index (χ1n) is 7.80. The number of nitrogens with zero attached hydrogens (tertiary/aromatic N) is 3. The van der Waals surface area contributed by atoms with Gasteiger partial charge in [-0.05, 0) is 43.0 Å². The van der Waals surface area contributed by atoms with E-state index < -0.39 is 0 Å². The fourth-order valence-corrected chi connectivity index (χ4v) is 3.79. The number of thiazole rings is 1. The average molecular weight is 340 g/mol. The molecule has 7 heteroatoms. The van der Waals surface area contributed by atoms with Crippen LogP contribution < -0.4 is 10.9 Å². The molecule has 0 spiro atoms. The Morgan fingerprint density at radius 3 is 3.12 bits per heavy atom. The molecule has 6 nitrogen and oxygen atoms in total. The smallest absolute Gasteiger partial charge is 0.266 e. The molecule has 2 aromatic heterocycles. The monoisotopic (exact) mass is 340 g/mol. The fraction of sp³-hybridized carbons (Fsp3) is 0.294. The van der Waals surface area contributed by atoms with Crippen LogP contribution in [0.1, 0.15) is 28.0 Å². The molecule has 3 aromatic rings. The van der Waals surface area contributed by atoms with Crippen molar-refractivity contribution in [1.82, 2.24) is 20.1 Å². The van der Waals surface area contributed by atoms with Crippen LogP contribution in [0, 0.1) is 0 Å². The second-order valence-corrected chi connectivity index (χ2v) is 6.91. The highest BCUT2D eigenvalue weighted by molar-refractivity contribution is 7.16. The third kappa shape index (κ3) is 2.71. The predicted octanol–water partition coefficient (Wildman–Crippen LogP) is 1.68. The molecular weight excluding hydrogens is 324 g/mol. The number of benzene rings is 1. The van der Waals surface area contributed by atoms with Crippen LogP contribution in [0.15, 0.2) is 34.6 Å². The molecule has 1 aliphatic rings. The molecule has 1 aliphatic carbocycles. The summed E-state index contributed by atoms with van der Waals surface area (Å²) in [6, 6.07) is 7.19. The maximum atomic E-state index is 12.5. The van der Waals surface area contributed by atoms with Crippen molar-refractivity contribution in [3.63, 3.8) is 0 Å². The fourth-order valence-electron chi connectivity index (χ4n) is 3.07. The Bertz CT molecular complexity index is 992. The largest absolute Gasteiger partial charge is 0.349 e. The van der Waals surface area contributed by atoms with Gasteiger partial charge in [0.25, 0.3) is 11.5 Å². The molecular formula is C17H16N4O2S. The molecule has 1 atom stereocenters. The van der Waals surface area contributed by atoms with Gasteiger partial charge in [-0.25, -0.2) is 9.67 Å². The minimum Gasteiger partial charge on any atom is -0.349 e. The van der Waals surface area contributed by atoms with E-state index in [9.17, 15) is 9.59 Å². The lowest BCUT2D eigenvalue weighted by atomic mass is 9.92. The zero-order valence-corrected chi connectivity index (χ0v) is 14.0. The molecule has 0 saturated heterocycles. The van der Waals surface area contributed by atoms with Crippen LogP contribution in [0.25, 0.3) is 10.2 Å². The van der Waals surface area contributed by atoms with Crippen molar-refractivity contribution in [2.24, 2.45) is 7.05 Å². The molecule has 122 valence electrons. The predicted molar refractivity (Wildman–Crippen MR) is 92.4 cm³/mol. The number of hydrogen-bond donors (Lipinski definition) is 1. The molecule has 24 heavy (non-hydrogen) atoms. The third-order valence-corrected chi connectivity index (χ3v) is 5.17. The summed E-state index contributed by atoms with van der Waals surface area (Å²) in [6.07, 6.45) is 2.24. The lowest BCUT2D eigenvalue weighted by Crippen LogP contribution is -2.40. The highest BCUT2D eigenvalue weighted by atomic mass is 32.1. The third-order valence-electron chi connectivity index (χ3n) is 4.38. The Kier molecular flexibility index (Phi) is 3.65. The lowest BCUT2D eigenvalue weighted by molar-refractivity contribution is 0.0933. The van der Waals surface area contributed by atoms with Gasteiger partial charge in [-0.3, -0.25) is 9.59 Å². The summed E-state index contributed by atoms with van der Waals surface area (Å²) in [7, 11) is 1.66. The molecule has 0 saturated carbocycles. The molecule has 0 unspecified atom stereocenters. The number of rotatable bonds is 2. The van der Waals surface area contributed by atoms with Crippen LogP contribution in [0.5, 0.6) is 0 Å². The number of amides is 1. The van der Waals surface area contributed by atoms with Gasteiger partial charge in [0.2, 0.25) is 0 Å². The number of aryl methyl sites for hydroxylation is 2. The summed E-state index contributed by atoms with van der Waals surface area (Å²) >= 11 is 1.52. The summed E-state index contributed by atoms with van der Waals surface area (Å²) < 4.78 is 2.37. The van der Waals surface area contributed by atoms with Crippen LogP contribution in [0.2, 0.25) is 0 Å². The van der Waals surface area contributed by atoms with E-state index in [-0.39, 0.29) is 17.5 Å². The second-order valence-electron chi connectivity index (χ2n) is 6.03. The van der Waals surface area contributed by atoms with Gasteiger partial charge >= 0.3 is 0 Å². The number of hydrogen-bond acceptors (Lipinski definition) is 5. The summed E-state index contributed by atoms with van der Waals surface area (Å²) in [5.41, 5.74) is 5.10. The van der Waals surface area contributed by atoms with E-state index >= 15 is 0 Å². The minimum atomic E-state index is -0.114. The zero-order chi connectivity index (χ0) is 16.7. The highest BCUT2D eigenvalue weighted by Gasteiger charge is 2.22. The van der Waals surface area contributed by atoms with Crippen LogP contribution >= 0.6 is 11.3 Å². The van der Waals surface area contributed by atoms with E-state index in [0.29, 0.717) is 12.0 Å². The summed E-state index contributed by atoms with van der Waals surface area (Å²) in [5, 5.41) is 7.37. The van der Waals surface area contributed by atoms with E-state index in [4.69, 9.17) is 0 Å². The average Bonchev–Trinajstić information content (AvgIpc) is 3.03. The SMILES string of the molecule is Cn1nc2c(cc1=O)C[C@@H](NC(=O)c1ccc3ncsc3c1)CC2. The van der Waals surface area contributed by atoms with Gasteiger partial charge in [0.05, 0.1) is 21.4 Å². The standard InChI is InChI=1S/C17H16N4O2S/c1-21-16(22)8-11-6-12(3-5-13(11)20-21)19-17(23)10-2-4-14-15(7-10)24-9-18-14/h2,4,7-9,12H,3,5-6H2,1H3,(H,19,23)/t12-/m0/s1. The Hall–Kier alpha value is -2.54. The maximum Gasteiger partial charge on any atom is 0.266 e. The van der Waals surface area contributed by atoms with Crippen LogP contribution in [0.4, 0.5) is 0 Å². The molecule has 0 aliphatic heterocycles. The molecule has 2 heterocycles. The zero-order valence-electron chi connectivity index (χ0n) is 13.2. The van der Waals surface area contributed by atoms with Gasteiger partial charge in [0.15, 0.2) is 0 Å². The number of carbonyl (C=O) groups is 1. The van der Waals surface area contributed by atoms with Gasteiger partial charge in [0.1, 0.15) is 0 Å². The Labute approximate surface area is 142 Å². The summed E-state index contributed by atoms with van der Waals surface area (Å²) in [4.78, 5) is 28.5. The van der Waals surface area contributed by atoms with Gasteiger partial charge in [-0.2, -0.15) is 5.10 Å². The second kappa shape index (κ2) is 5.83. The lowest BCUT2D eigenvalue weighted by Gasteiger charge is -2.24. The Morgan fingerprint density at radius 2 is 2.25 bits per heavy atom. The number of fused-ring (bicyclic) bond motifs is 2. The van der Waals surface area contributed by atoms with Crippen LogP contribution in [-0.2, 0) is 19.9 Å². The van der Waals surface area contributed by atoms with Crippen molar-refractivity contribution < 1.29 is 4.79 Å². The Balaban J connectivity index is 1.52. The normalized spacial score (nSPS) is 16.8. The van der Waals surface area contributed by atoms with Gasteiger partial charge in [-0.15, -0.1) is 11.3 Å². The van der Waals surface area contributed by atoms with E-state index in [1.54, 1.807) is 24.7 Å². The quantitative estimate of drug-likeness (QED) is 0.770. The maximum absolute atomic E-state index is 12.5. The first-order valence-corrected chi connectivity index (χ1v) is 8.68. The Morgan fingerprint density at radius 1 is 1.38 bits per heavy atom. The van der Waals surface area contributed by atoms with Crippen molar-refractivity contribution in [1.29, 1.82) is 0 Å². The van der Waals surface area contributed by atoms with E-state index in [2.05, 4.69) is 15.4 Å². The molecule has 1 amide bonds. The summed E-state index contributed by atoms with van der Waals surface area (Å²) in [6.45, 7) is 0. The molecule has 4 rings (SSSR count). The van der Waals surface area contributed by atoms with E-state index in [1.807, 2.05) is 12.1 Å². The van der Waals surface area contributed by atoms with Crippen molar-refractivity contribution in [3.8, 4) is 0 Å². The van der Waals surface area contributed by atoms with Gasteiger partial charge in [-0.1, -0.05) is 0 Å². The van der Waals surface area contributed by atoms with Crippen LogP contribution in [0.3, 0.4) is 0 Å². The molecule has 0 radical (unpaired) electrons. The van der Waals surface area contributed by atoms with E-state index in [0.717, 1.165) is 34.3 Å². The van der Waals surface area contributed by atoms with Crippen LogP contribution in [-0.4, -0.2) is 26.7 Å². The van der Waals surface area contributed by atoms with E-state index in [1.165, 1.54) is 16.0 Å². The molecule has 1 N–H and O–H groups in total. The van der Waals surface area contributed by atoms with Crippen molar-refractivity contribution in [2.45, 2.75) is 25.3 Å². The van der Waals surface area contributed by atoms with Gasteiger partial charge < -0.3 is 5.32 Å². The molecule has 0 fully saturated rings. The topological polar surface area (TPSA) is 76.9 Å². The first kappa shape index (κ1) is 15.0. The minimum absolute atomic E-state index is 0.0241. The van der Waals surface area contributed by atoms with Crippen molar-refractivity contribution in [3.05, 3.63) is 57.0 Å². The van der Waals surface area contributed by atoms with Crippen molar-refractivity contribution >= 4 is 27.5 Å². The number of nitrogens with one attached hydrogen (secondary N) is 1. The highest BCUT2D eigenvalue weighted by Crippen LogP contribution is 2.21. The number of aromatic nitrogens is 3. The number of carbonyl (C=O) groups excluding carboxylic acids is 1. The molecule has 1 aromatic carbocycles. The molecule has 0 bridgehead atoms.